The van der Waals surface area contributed by atoms with E-state index in [0.29, 0.717) is 0 Å². The molecular formula is C18H34Si3Zr. The molecule has 0 N–H and O–H groups in total. The fourth-order valence-electron chi connectivity index (χ4n) is 3.43. The van der Waals surface area contributed by atoms with Gasteiger partial charge in [0.1, 0.15) is 0 Å². The Labute approximate surface area is 142 Å². The van der Waals surface area contributed by atoms with Gasteiger partial charge < -0.3 is 0 Å². The Morgan fingerprint density at radius 3 is 1.32 bits per heavy atom. The maximum absolute atomic E-state index is 2.83. The predicted octanol–water partition coefficient (Wildman–Crippen LogP) is 5.64. The molecule has 0 aromatic carbocycles. The van der Waals surface area contributed by atoms with Gasteiger partial charge in [0.15, 0.2) is 0 Å². The van der Waals surface area contributed by atoms with Crippen molar-refractivity contribution >= 4 is 23.0 Å². The Bertz CT molecular complexity index is 605. The van der Waals surface area contributed by atoms with Crippen molar-refractivity contribution in [2.45, 2.75) is 55.8 Å². The standard InChI is InChI=1S/2C8H13Si.2CH3.H2Si.Zr/c2*1-9(2,3)8-6-4-5-7-8;;;;/h2*4-7H,1-3H3;2*1H3;1H2;. The van der Waals surface area contributed by atoms with Crippen LogP contribution < -0.4 is 0 Å². The van der Waals surface area contributed by atoms with Gasteiger partial charge in [0.25, 0.3) is 0 Å². The van der Waals surface area contributed by atoms with Crippen molar-refractivity contribution in [2.75, 3.05) is 0 Å². The van der Waals surface area contributed by atoms with Crippen LogP contribution in [-0.2, 0) is 17.4 Å². The van der Waals surface area contributed by atoms with Crippen LogP contribution in [0.3, 0.4) is 0 Å². The Hall–Kier alpha value is 0.494. The molecule has 22 heavy (non-hydrogen) atoms. The predicted molar refractivity (Wildman–Crippen MR) is 109 cm³/mol. The molecule has 2 atom stereocenters. The van der Waals surface area contributed by atoms with Gasteiger partial charge in [0, 0.05) is 0 Å². The van der Waals surface area contributed by atoms with E-state index in [2.05, 4.69) is 91.9 Å². The van der Waals surface area contributed by atoms with Crippen molar-refractivity contribution < 1.29 is 17.4 Å². The molecule has 0 nitrogen and oxygen atoms in total. The minimum atomic E-state index is -2.83. The van der Waals surface area contributed by atoms with Gasteiger partial charge in [-0.25, -0.2) is 0 Å². The van der Waals surface area contributed by atoms with Crippen LogP contribution in [0.5, 0.6) is 0 Å². The second-order valence-corrected chi connectivity index (χ2v) is 51.5. The molecule has 122 valence electrons. The topological polar surface area (TPSA) is 0 Å². The van der Waals surface area contributed by atoms with Crippen molar-refractivity contribution in [1.82, 2.24) is 0 Å². The summed E-state index contributed by atoms with van der Waals surface area (Å²) in [4.78, 5) is 0. The molecule has 0 radical (unpaired) electrons. The molecule has 2 aliphatic rings. The van der Waals surface area contributed by atoms with Crippen LogP contribution >= 0.6 is 0 Å². The van der Waals surface area contributed by atoms with E-state index in [9.17, 15) is 0 Å². The molecule has 0 saturated carbocycles. The van der Waals surface area contributed by atoms with Crippen LogP contribution in [0, 0.1) is 0 Å². The van der Waals surface area contributed by atoms with E-state index in [1.165, 1.54) is 0 Å². The Kier molecular flexibility index (Phi) is 4.71. The third-order valence-electron chi connectivity index (χ3n) is 5.61. The molecule has 2 aliphatic carbocycles. The average Bonchev–Trinajstić information content (AvgIpc) is 2.97. The Morgan fingerprint density at radius 2 is 1.09 bits per heavy atom. The molecule has 0 amide bonds. The van der Waals surface area contributed by atoms with Gasteiger partial charge in [-0.2, -0.15) is 0 Å². The van der Waals surface area contributed by atoms with Crippen molar-refractivity contribution in [1.29, 1.82) is 0 Å². The Morgan fingerprint density at radius 1 is 0.773 bits per heavy atom. The van der Waals surface area contributed by atoms with Crippen LogP contribution in [0.15, 0.2) is 46.8 Å². The van der Waals surface area contributed by atoms with Gasteiger partial charge in [-0.15, -0.1) is 0 Å². The second-order valence-electron chi connectivity index (χ2n) is 10.5. The first-order valence-corrected chi connectivity index (χ1v) is 29.3. The van der Waals surface area contributed by atoms with Crippen LogP contribution in [0.2, 0.25) is 55.8 Å². The first kappa shape index (κ1) is 18.8. The monoisotopic (exact) mass is 424 g/mol. The number of hydrogen-bond donors (Lipinski definition) is 0. The molecule has 0 heterocycles. The quantitative estimate of drug-likeness (QED) is 0.511. The van der Waals surface area contributed by atoms with Crippen molar-refractivity contribution in [3.05, 3.63) is 46.8 Å². The summed E-state index contributed by atoms with van der Waals surface area (Å²) in [6.07, 6.45) is 15.4. The zero-order valence-electron chi connectivity index (χ0n) is 15.8. The molecule has 0 aliphatic heterocycles. The molecule has 0 bridgehead atoms. The average molecular weight is 426 g/mol. The summed E-state index contributed by atoms with van der Waals surface area (Å²) in [7, 11) is -2.35. The summed E-state index contributed by atoms with van der Waals surface area (Å²) in [6, 6.07) is 0. The zero-order chi connectivity index (χ0) is 17.0. The molecule has 2 rings (SSSR count). The third-order valence-corrected chi connectivity index (χ3v) is 27.8. The zero-order valence-corrected chi connectivity index (χ0v) is 21.7. The van der Waals surface area contributed by atoms with E-state index in [0.717, 1.165) is 7.25 Å². The Balaban J connectivity index is 2.37. The maximum atomic E-state index is 2.68. The fourth-order valence-corrected chi connectivity index (χ4v) is 18.0. The van der Waals surface area contributed by atoms with E-state index >= 15 is 0 Å². The number of rotatable bonds is 4. The van der Waals surface area contributed by atoms with Gasteiger partial charge in [-0.3, -0.25) is 0 Å². The fraction of sp³-hybridized carbons (Fsp3) is 0.556. The van der Waals surface area contributed by atoms with E-state index in [-0.39, 0.29) is 0 Å². The first-order valence-electron chi connectivity index (χ1n) is 8.59. The summed E-state index contributed by atoms with van der Waals surface area (Å²) < 4.78 is 6.84. The van der Waals surface area contributed by atoms with E-state index < -0.39 is 33.5 Å². The van der Waals surface area contributed by atoms with E-state index in [4.69, 9.17) is 0 Å². The number of hydrogen-bond acceptors (Lipinski definition) is 0. The van der Waals surface area contributed by atoms with Crippen LogP contribution in [0.1, 0.15) is 0 Å². The van der Waals surface area contributed by atoms with Crippen molar-refractivity contribution in [3.63, 3.8) is 0 Å². The summed E-state index contributed by atoms with van der Waals surface area (Å²) in [6.45, 7) is 17.2. The normalized spacial score (nSPS) is 26.4. The van der Waals surface area contributed by atoms with Gasteiger partial charge >= 0.3 is 143 Å². The summed E-state index contributed by atoms with van der Waals surface area (Å²) in [5.74, 6) is 0. The summed E-state index contributed by atoms with van der Waals surface area (Å²) in [5, 5.41) is 3.34. The molecule has 2 unspecified atom stereocenters. The second kappa shape index (κ2) is 5.51. The summed E-state index contributed by atoms with van der Waals surface area (Å²) >= 11 is -2.83. The molecular weight excluding hydrogens is 392 g/mol. The van der Waals surface area contributed by atoms with Gasteiger partial charge in [-0.1, -0.05) is 0 Å². The molecule has 4 heteroatoms. The van der Waals surface area contributed by atoms with Gasteiger partial charge in [0.05, 0.1) is 0 Å². The van der Waals surface area contributed by atoms with Gasteiger partial charge in [-0.05, 0) is 0 Å². The molecule has 0 spiro atoms. The van der Waals surface area contributed by atoms with Crippen LogP contribution in [0.25, 0.3) is 0 Å². The van der Waals surface area contributed by atoms with Crippen LogP contribution in [0.4, 0.5) is 0 Å². The minimum absolute atomic E-state index is 0.744. The van der Waals surface area contributed by atoms with E-state index in [1.807, 2.05) is 0 Å². The molecule has 0 saturated heterocycles. The van der Waals surface area contributed by atoms with Crippen molar-refractivity contribution in [2.24, 2.45) is 0 Å². The van der Waals surface area contributed by atoms with Crippen LogP contribution in [-0.4, -0.2) is 23.0 Å². The molecule has 0 fully saturated rings. The van der Waals surface area contributed by atoms with Crippen molar-refractivity contribution in [3.8, 4) is 0 Å². The first-order chi connectivity index (χ1) is 9.70. The van der Waals surface area contributed by atoms with E-state index in [1.54, 1.807) is 10.4 Å². The molecule has 0 aromatic heterocycles. The number of allylic oxidation sites excluding steroid dienone is 8. The summed E-state index contributed by atoms with van der Waals surface area (Å²) in [5.41, 5.74) is 0. The SMILES string of the molecule is C[Si](C)(C)C1=C[CH]([Zr]([CH3])([CH3])(=[SiH2])[CH]2C=CC([Si](C)(C)C)=C2)C=C1. The molecule has 0 aromatic rings. The third kappa shape index (κ3) is 3.60. The van der Waals surface area contributed by atoms with Gasteiger partial charge in [0.2, 0.25) is 0 Å².